The number of ether oxygens (including phenoxy) is 3. The topological polar surface area (TPSA) is 61.8 Å². The van der Waals surface area contributed by atoms with Gasteiger partial charge in [0, 0.05) is 17.9 Å². The molecule has 1 atom stereocenters. The van der Waals surface area contributed by atoms with Crippen LogP contribution in [0.15, 0.2) is 90.4 Å². The minimum Gasteiger partial charge on any atom is -0.497 e. The normalized spacial score (nSPS) is 16.0. The lowest BCUT2D eigenvalue weighted by atomic mass is 9.97. The Kier molecular flexibility index (Phi) is 6.63. The van der Waals surface area contributed by atoms with Crippen molar-refractivity contribution in [1.29, 1.82) is 0 Å². The second kappa shape index (κ2) is 9.55. The van der Waals surface area contributed by atoms with Gasteiger partial charge >= 0.3 is 5.97 Å². The number of rotatable bonds is 7. The second-order valence-electron chi connectivity index (χ2n) is 6.43. The summed E-state index contributed by atoms with van der Waals surface area (Å²) in [7, 11) is 3.20. The highest BCUT2D eigenvalue weighted by Crippen LogP contribution is 2.25. The molecular weight excluding hydrogens is 368 g/mol. The third kappa shape index (κ3) is 5.23. The average Bonchev–Trinajstić information content (AvgIpc) is 2.78. The second-order valence-corrected chi connectivity index (χ2v) is 6.43. The summed E-state index contributed by atoms with van der Waals surface area (Å²) in [5.41, 5.74) is 0.984. The molecule has 5 nitrogen and oxygen atoms in total. The Morgan fingerprint density at radius 2 is 1.66 bits per heavy atom. The van der Waals surface area contributed by atoms with Gasteiger partial charge in [-0.25, -0.2) is 4.79 Å². The molecular formula is C24H22O5. The lowest BCUT2D eigenvalue weighted by Crippen LogP contribution is -2.08. The number of carbonyl (C=O) groups excluding carboxylic acids is 2. The van der Waals surface area contributed by atoms with E-state index in [2.05, 4.69) is 0 Å². The van der Waals surface area contributed by atoms with E-state index < -0.39 is 5.97 Å². The van der Waals surface area contributed by atoms with Gasteiger partial charge in [0.15, 0.2) is 11.5 Å². The van der Waals surface area contributed by atoms with Gasteiger partial charge in [0.25, 0.3) is 0 Å². The molecule has 0 fully saturated rings. The first-order valence-corrected chi connectivity index (χ1v) is 9.20. The molecule has 0 heterocycles. The van der Waals surface area contributed by atoms with Crippen molar-refractivity contribution in [3.8, 4) is 5.75 Å². The summed E-state index contributed by atoms with van der Waals surface area (Å²) in [5, 5.41) is 0. The number of methoxy groups -OCH3 is 2. The fourth-order valence-corrected chi connectivity index (χ4v) is 2.92. The Morgan fingerprint density at radius 1 is 0.931 bits per heavy atom. The zero-order chi connectivity index (χ0) is 20.6. The minimum absolute atomic E-state index is 0.0545. The van der Waals surface area contributed by atoms with Crippen LogP contribution in [-0.4, -0.2) is 26.0 Å². The molecule has 0 aromatic heterocycles. The molecule has 3 rings (SSSR count). The minimum atomic E-state index is -0.439. The number of hydrogen-bond donors (Lipinski definition) is 0. The number of hydrogen-bond acceptors (Lipinski definition) is 5. The van der Waals surface area contributed by atoms with Crippen molar-refractivity contribution in [2.24, 2.45) is 5.92 Å². The fraction of sp³-hybridized carbons (Fsp3) is 0.167. The van der Waals surface area contributed by atoms with E-state index in [0.717, 1.165) is 5.76 Å². The van der Waals surface area contributed by atoms with Crippen molar-refractivity contribution in [1.82, 2.24) is 0 Å². The summed E-state index contributed by atoms with van der Waals surface area (Å²) >= 11 is 0. The van der Waals surface area contributed by atoms with Crippen LogP contribution < -0.4 is 4.74 Å². The van der Waals surface area contributed by atoms with Gasteiger partial charge in [-0.1, -0.05) is 30.4 Å². The van der Waals surface area contributed by atoms with Gasteiger partial charge in [-0.05, 0) is 48.6 Å². The number of benzene rings is 2. The first-order chi connectivity index (χ1) is 14.1. The molecule has 0 spiro atoms. The monoisotopic (exact) mass is 390 g/mol. The molecule has 0 radical (unpaired) electrons. The fourth-order valence-electron chi connectivity index (χ4n) is 2.92. The number of esters is 1. The Bertz CT molecular complexity index is 953. The van der Waals surface area contributed by atoms with Crippen LogP contribution >= 0.6 is 0 Å². The zero-order valence-corrected chi connectivity index (χ0v) is 16.3. The van der Waals surface area contributed by atoms with Gasteiger partial charge in [-0.2, -0.15) is 0 Å². The molecule has 148 valence electrons. The predicted octanol–water partition coefficient (Wildman–Crippen LogP) is 4.73. The van der Waals surface area contributed by atoms with Crippen molar-refractivity contribution in [2.75, 3.05) is 14.2 Å². The Morgan fingerprint density at radius 3 is 2.31 bits per heavy atom. The highest BCUT2D eigenvalue weighted by molar-refractivity contribution is 6.04. The summed E-state index contributed by atoms with van der Waals surface area (Å²) < 4.78 is 15.9. The molecule has 2 aromatic rings. The van der Waals surface area contributed by atoms with E-state index in [0.29, 0.717) is 29.1 Å². The van der Waals surface area contributed by atoms with E-state index in [1.54, 1.807) is 68.8 Å². The molecule has 0 saturated heterocycles. The van der Waals surface area contributed by atoms with E-state index in [4.69, 9.17) is 14.2 Å². The van der Waals surface area contributed by atoms with Crippen molar-refractivity contribution in [3.63, 3.8) is 0 Å². The maximum Gasteiger partial charge on any atom is 0.343 e. The largest absolute Gasteiger partial charge is 0.497 e. The molecule has 1 aliphatic rings. The summed E-state index contributed by atoms with van der Waals surface area (Å²) in [6.45, 7) is 0. The van der Waals surface area contributed by atoms with Gasteiger partial charge in [0.2, 0.25) is 0 Å². The maximum absolute atomic E-state index is 12.4. The third-order valence-electron chi connectivity index (χ3n) is 4.51. The Balaban J connectivity index is 1.59. The van der Waals surface area contributed by atoms with Crippen LogP contribution in [0.4, 0.5) is 0 Å². The Labute approximate surface area is 169 Å². The highest BCUT2D eigenvalue weighted by Gasteiger charge is 2.16. The van der Waals surface area contributed by atoms with Crippen LogP contribution in [0.2, 0.25) is 0 Å². The number of carbonyl (C=O) groups is 2. The molecule has 0 N–H and O–H groups in total. The summed E-state index contributed by atoms with van der Waals surface area (Å²) in [6.07, 6.45) is 7.84. The predicted molar refractivity (Wildman–Crippen MR) is 110 cm³/mol. The lowest BCUT2D eigenvalue weighted by molar-refractivity contribution is 0.0734. The van der Waals surface area contributed by atoms with Gasteiger partial charge in [0.05, 0.1) is 19.8 Å². The van der Waals surface area contributed by atoms with E-state index in [-0.39, 0.29) is 11.7 Å². The quantitative estimate of drug-likeness (QED) is 0.296. The number of allylic oxidation sites excluding steroid dienone is 5. The smallest absolute Gasteiger partial charge is 0.343 e. The van der Waals surface area contributed by atoms with E-state index in [1.165, 1.54) is 0 Å². The van der Waals surface area contributed by atoms with E-state index in [1.807, 2.05) is 24.3 Å². The first kappa shape index (κ1) is 20.1. The molecule has 2 aromatic carbocycles. The summed E-state index contributed by atoms with van der Waals surface area (Å²) in [6, 6.07) is 15.2. The average molecular weight is 390 g/mol. The zero-order valence-electron chi connectivity index (χ0n) is 16.3. The first-order valence-electron chi connectivity index (χ1n) is 9.20. The van der Waals surface area contributed by atoms with Crippen LogP contribution in [0.3, 0.4) is 0 Å². The molecule has 0 amide bonds. The van der Waals surface area contributed by atoms with Gasteiger partial charge < -0.3 is 14.2 Å². The summed E-state index contributed by atoms with van der Waals surface area (Å²) in [5.74, 6) is 1.33. The van der Waals surface area contributed by atoms with Crippen molar-refractivity contribution >= 4 is 11.8 Å². The van der Waals surface area contributed by atoms with Crippen LogP contribution in [0.1, 0.15) is 27.1 Å². The van der Waals surface area contributed by atoms with Crippen LogP contribution in [0.25, 0.3) is 0 Å². The molecule has 0 saturated carbocycles. The van der Waals surface area contributed by atoms with Crippen LogP contribution in [0, 0.1) is 5.92 Å². The van der Waals surface area contributed by atoms with E-state index >= 15 is 0 Å². The lowest BCUT2D eigenvalue weighted by Gasteiger charge is -2.18. The van der Waals surface area contributed by atoms with E-state index in [9.17, 15) is 9.59 Å². The number of ketones is 1. The van der Waals surface area contributed by atoms with Crippen molar-refractivity contribution < 1.29 is 23.8 Å². The molecule has 5 heteroatoms. The van der Waals surface area contributed by atoms with Gasteiger partial charge in [0.1, 0.15) is 11.5 Å². The molecule has 1 unspecified atom stereocenters. The maximum atomic E-state index is 12.4. The molecule has 0 aliphatic heterocycles. The van der Waals surface area contributed by atoms with Crippen LogP contribution in [0.5, 0.6) is 5.75 Å². The van der Waals surface area contributed by atoms with Gasteiger partial charge in [-0.3, -0.25) is 4.79 Å². The Hall–Kier alpha value is -3.60. The SMILES string of the molecule is COC1=C(OC)CC(/C=C/C(=O)c2ccc(OC(=O)c3ccccc3)cc2)C=C1. The molecule has 29 heavy (non-hydrogen) atoms. The van der Waals surface area contributed by atoms with Gasteiger partial charge in [-0.15, -0.1) is 0 Å². The third-order valence-corrected chi connectivity index (χ3v) is 4.51. The van der Waals surface area contributed by atoms with Crippen molar-refractivity contribution in [3.05, 3.63) is 102 Å². The molecule has 1 aliphatic carbocycles. The molecule has 0 bridgehead atoms. The summed E-state index contributed by atoms with van der Waals surface area (Å²) in [4.78, 5) is 24.5. The van der Waals surface area contributed by atoms with Crippen LogP contribution in [-0.2, 0) is 9.47 Å². The van der Waals surface area contributed by atoms with Crippen molar-refractivity contribution in [2.45, 2.75) is 6.42 Å². The highest BCUT2D eigenvalue weighted by atomic mass is 16.5. The standard InChI is InChI=1S/C24H22O5/c1-27-22-15-9-17(16-23(22)28-2)8-14-21(25)18-10-12-20(13-11-18)29-24(26)19-6-4-3-5-7-19/h3-15,17H,16H2,1-2H3/b14-8+.